The fourth-order valence-corrected chi connectivity index (χ4v) is 2.95. The van der Waals surface area contributed by atoms with E-state index < -0.39 is 0 Å². The van der Waals surface area contributed by atoms with Gasteiger partial charge in [0.05, 0.1) is 12.2 Å². The fourth-order valence-electron chi connectivity index (χ4n) is 2.27. The van der Waals surface area contributed by atoms with Gasteiger partial charge in [-0.15, -0.1) is 11.3 Å². The normalized spacial score (nSPS) is 11.0. The molecule has 0 N–H and O–H groups in total. The summed E-state index contributed by atoms with van der Waals surface area (Å²) in [4.78, 5) is 31.1. The molecule has 0 aromatic carbocycles. The van der Waals surface area contributed by atoms with Crippen molar-refractivity contribution in [3.8, 4) is 0 Å². The van der Waals surface area contributed by atoms with E-state index in [-0.39, 0.29) is 17.0 Å². The van der Waals surface area contributed by atoms with Gasteiger partial charge in [-0.25, -0.2) is 4.98 Å². The van der Waals surface area contributed by atoms with Crippen molar-refractivity contribution >= 4 is 22.2 Å². The van der Waals surface area contributed by atoms with Crippen molar-refractivity contribution in [2.75, 3.05) is 7.05 Å². The van der Waals surface area contributed by atoms with E-state index >= 15 is 0 Å². The van der Waals surface area contributed by atoms with Crippen LogP contribution < -0.4 is 5.56 Å². The molecule has 3 rings (SSSR count). The Kier molecular flexibility index (Phi) is 3.76. The van der Waals surface area contributed by atoms with Crippen molar-refractivity contribution in [2.45, 2.75) is 20.0 Å². The van der Waals surface area contributed by atoms with E-state index in [1.807, 2.05) is 17.7 Å². The molecule has 0 atom stereocenters. The average molecular weight is 317 g/mol. The van der Waals surface area contributed by atoms with Crippen LogP contribution in [0.1, 0.15) is 23.0 Å². The van der Waals surface area contributed by atoms with Crippen LogP contribution in [0.3, 0.4) is 0 Å². The van der Waals surface area contributed by atoms with Crippen LogP contribution in [0.4, 0.5) is 0 Å². The second-order valence-electron chi connectivity index (χ2n) is 4.83. The summed E-state index contributed by atoms with van der Waals surface area (Å²) in [6.45, 7) is 3.10. The summed E-state index contributed by atoms with van der Waals surface area (Å²) >= 11 is 1.35. The number of carbonyl (C=O) groups excluding carboxylic acids is 1. The average Bonchev–Trinajstić information content (AvgIpc) is 3.15. The Morgan fingerprint density at radius 2 is 2.27 bits per heavy atom. The Hall–Kier alpha value is -2.48. The largest absolute Gasteiger partial charge is 0.336 e. The molecule has 0 fully saturated rings. The highest BCUT2D eigenvalue weighted by molar-refractivity contribution is 7.15. The van der Waals surface area contributed by atoms with Crippen molar-refractivity contribution in [1.82, 2.24) is 24.1 Å². The van der Waals surface area contributed by atoms with Crippen LogP contribution in [0, 0.1) is 0 Å². The molecule has 0 aliphatic rings. The van der Waals surface area contributed by atoms with Crippen molar-refractivity contribution in [3.63, 3.8) is 0 Å². The predicted molar refractivity (Wildman–Crippen MR) is 83.0 cm³/mol. The van der Waals surface area contributed by atoms with Gasteiger partial charge >= 0.3 is 0 Å². The van der Waals surface area contributed by atoms with Crippen LogP contribution in [-0.4, -0.2) is 37.0 Å². The van der Waals surface area contributed by atoms with Crippen LogP contribution in [0.25, 0.3) is 4.96 Å². The van der Waals surface area contributed by atoms with Gasteiger partial charge in [-0.3, -0.25) is 18.7 Å². The molecular weight excluding hydrogens is 302 g/mol. The third-order valence-electron chi connectivity index (χ3n) is 3.42. The molecule has 3 heterocycles. The summed E-state index contributed by atoms with van der Waals surface area (Å²) in [5.74, 6) is -0.345. The van der Waals surface area contributed by atoms with E-state index in [4.69, 9.17) is 0 Å². The summed E-state index contributed by atoms with van der Waals surface area (Å²) in [5, 5.41) is 5.94. The molecule has 8 heteroatoms. The first-order valence-corrected chi connectivity index (χ1v) is 7.70. The highest BCUT2D eigenvalue weighted by Crippen LogP contribution is 2.09. The first-order chi connectivity index (χ1) is 10.6. The lowest BCUT2D eigenvalue weighted by Crippen LogP contribution is -2.33. The number of hydrogen-bond donors (Lipinski definition) is 0. The summed E-state index contributed by atoms with van der Waals surface area (Å²) in [5.41, 5.74) is 0.649. The van der Waals surface area contributed by atoms with Gasteiger partial charge < -0.3 is 4.90 Å². The van der Waals surface area contributed by atoms with Gasteiger partial charge in [0, 0.05) is 37.6 Å². The second kappa shape index (κ2) is 5.72. The molecular formula is C14H15N5O2S. The summed E-state index contributed by atoms with van der Waals surface area (Å²) < 4.78 is 3.21. The van der Waals surface area contributed by atoms with Gasteiger partial charge in [0.25, 0.3) is 11.5 Å². The molecule has 0 aliphatic carbocycles. The zero-order chi connectivity index (χ0) is 15.7. The minimum absolute atomic E-state index is 0.0703. The van der Waals surface area contributed by atoms with Crippen LogP contribution in [0.2, 0.25) is 0 Å². The summed E-state index contributed by atoms with van der Waals surface area (Å²) in [6, 6.07) is 1.86. The topological polar surface area (TPSA) is 72.5 Å². The van der Waals surface area contributed by atoms with E-state index in [0.29, 0.717) is 11.5 Å². The van der Waals surface area contributed by atoms with Gasteiger partial charge in [0.2, 0.25) is 0 Å². The summed E-state index contributed by atoms with van der Waals surface area (Å²) in [7, 11) is 1.66. The van der Waals surface area contributed by atoms with Gasteiger partial charge in [0.15, 0.2) is 4.96 Å². The molecule has 0 bridgehead atoms. The molecule has 114 valence electrons. The van der Waals surface area contributed by atoms with Gasteiger partial charge in [0.1, 0.15) is 5.56 Å². The highest BCUT2D eigenvalue weighted by atomic mass is 32.1. The summed E-state index contributed by atoms with van der Waals surface area (Å²) in [6.07, 6.45) is 4.67. The Balaban J connectivity index is 1.88. The third-order valence-corrected chi connectivity index (χ3v) is 4.19. The Labute approximate surface area is 130 Å². The van der Waals surface area contributed by atoms with Gasteiger partial charge in [-0.1, -0.05) is 0 Å². The quantitative estimate of drug-likeness (QED) is 0.726. The molecule has 0 saturated carbocycles. The highest BCUT2D eigenvalue weighted by Gasteiger charge is 2.19. The van der Waals surface area contributed by atoms with Crippen LogP contribution in [0.5, 0.6) is 0 Å². The number of amides is 1. The number of carbonyl (C=O) groups is 1. The Morgan fingerprint density at radius 3 is 3.05 bits per heavy atom. The maximum absolute atomic E-state index is 12.5. The van der Waals surface area contributed by atoms with E-state index in [9.17, 15) is 9.59 Å². The Bertz CT molecular complexity index is 879. The van der Waals surface area contributed by atoms with Crippen molar-refractivity contribution in [2.24, 2.45) is 0 Å². The molecule has 0 spiro atoms. The number of nitrogens with zero attached hydrogens (tertiary/aromatic N) is 5. The monoisotopic (exact) mass is 317 g/mol. The predicted octanol–water partition coefficient (Wildman–Crippen LogP) is 1.24. The number of aromatic nitrogens is 4. The van der Waals surface area contributed by atoms with E-state index in [1.165, 1.54) is 26.8 Å². The smallest absolute Gasteiger partial charge is 0.271 e. The molecule has 7 nitrogen and oxygen atoms in total. The molecule has 0 aliphatic heterocycles. The molecule has 1 amide bonds. The fraction of sp³-hybridized carbons (Fsp3) is 0.286. The zero-order valence-corrected chi connectivity index (χ0v) is 13.1. The zero-order valence-electron chi connectivity index (χ0n) is 12.3. The van der Waals surface area contributed by atoms with Crippen LogP contribution in [0.15, 0.2) is 34.8 Å². The van der Waals surface area contributed by atoms with Crippen molar-refractivity contribution in [3.05, 3.63) is 51.6 Å². The number of thiazole rings is 1. The maximum Gasteiger partial charge on any atom is 0.271 e. The number of rotatable bonds is 4. The molecule has 22 heavy (non-hydrogen) atoms. The molecule has 3 aromatic rings. The minimum Gasteiger partial charge on any atom is -0.336 e. The number of aryl methyl sites for hydroxylation is 1. The SMILES string of the molecule is CCn1nccc1CN(C)C(=O)c1cnc2sccn2c1=O. The van der Waals surface area contributed by atoms with Gasteiger partial charge in [-0.05, 0) is 13.0 Å². The first kappa shape index (κ1) is 14.5. The number of hydrogen-bond acceptors (Lipinski definition) is 5. The molecule has 3 aromatic heterocycles. The lowest BCUT2D eigenvalue weighted by atomic mass is 10.2. The van der Waals surface area contributed by atoms with Crippen molar-refractivity contribution in [1.29, 1.82) is 0 Å². The molecule has 0 saturated heterocycles. The third kappa shape index (κ3) is 2.41. The number of fused-ring (bicyclic) bond motifs is 1. The lowest BCUT2D eigenvalue weighted by molar-refractivity contribution is 0.0779. The second-order valence-corrected chi connectivity index (χ2v) is 5.71. The van der Waals surface area contributed by atoms with E-state index in [1.54, 1.807) is 24.8 Å². The maximum atomic E-state index is 12.5. The Morgan fingerprint density at radius 1 is 1.45 bits per heavy atom. The standard InChI is InChI=1S/C14H15N5O2S/c1-3-19-10(4-5-16-19)9-17(2)12(20)11-8-15-14-18(13(11)21)6-7-22-14/h4-8H,3,9H2,1-2H3. The minimum atomic E-state index is -0.345. The van der Waals surface area contributed by atoms with Gasteiger partial charge in [-0.2, -0.15) is 5.10 Å². The van der Waals surface area contributed by atoms with E-state index in [0.717, 1.165) is 12.2 Å². The molecule has 0 radical (unpaired) electrons. The van der Waals surface area contributed by atoms with Crippen LogP contribution in [-0.2, 0) is 13.1 Å². The first-order valence-electron chi connectivity index (χ1n) is 6.83. The lowest BCUT2D eigenvalue weighted by Gasteiger charge is -2.17. The van der Waals surface area contributed by atoms with Crippen molar-refractivity contribution < 1.29 is 4.79 Å². The van der Waals surface area contributed by atoms with Crippen LogP contribution >= 0.6 is 11.3 Å². The molecule has 0 unspecified atom stereocenters. The van der Waals surface area contributed by atoms with E-state index in [2.05, 4.69) is 10.1 Å².